The van der Waals surface area contributed by atoms with Gasteiger partial charge in [-0.1, -0.05) is 6.08 Å². The van der Waals surface area contributed by atoms with Crippen LogP contribution in [0.4, 0.5) is 5.69 Å². The number of carbonyl (C=O) groups excluding carboxylic acids is 1. The van der Waals surface area contributed by atoms with Gasteiger partial charge in [0.1, 0.15) is 6.04 Å². The molecule has 23 heavy (non-hydrogen) atoms. The first-order chi connectivity index (χ1) is 11.2. The Balaban J connectivity index is 2.14. The Morgan fingerprint density at radius 1 is 1.30 bits per heavy atom. The van der Waals surface area contributed by atoms with Crippen LogP contribution in [0, 0.1) is 11.3 Å². The van der Waals surface area contributed by atoms with Crippen LogP contribution in [0.25, 0.3) is 6.08 Å². The summed E-state index contributed by atoms with van der Waals surface area (Å²) in [5.74, 6) is 0.813. The van der Waals surface area contributed by atoms with Crippen LogP contribution in [0.3, 0.4) is 0 Å². The van der Waals surface area contributed by atoms with Gasteiger partial charge in [-0.2, -0.15) is 5.26 Å². The molecular formula is C17H14N2O4. The maximum Gasteiger partial charge on any atom is 0.295 e. The van der Waals surface area contributed by atoms with Crippen molar-refractivity contribution in [1.82, 2.24) is 0 Å². The average molecular weight is 310 g/mol. The van der Waals surface area contributed by atoms with Crippen molar-refractivity contribution in [2.45, 2.75) is 6.04 Å². The zero-order valence-corrected chi connectivity index (χ0v) is 12.6. The van der Waals surface area contributed by atoms with E-state index >= 15 is 0 Å². The lowest BCUT2D eigenvalue weighted by molar-refractivity contribution is 0.0958. The molecule has 6 heteroatoms. The Kier molecular flexibility index (Phi) is 3.77. The molecule has 0 bridgehead atoms. The molecule has 1 aliphatic rings. The number of ether oxygens (including phenoxy) is 2. The summed E-state index contributed by atoms with van der Waals surface area (Å²) < 4.78 is 15.8. The van der Waals surface area contributed by atoms with Gasteiger partial charge < -0.3 is 13.9 Å². The van der Waals surface area contributed by atoms with Gasteiger partial charge in [-0.3, -0.25) is 9.69 Å². The molecule has 0 aliphatic carbocycles. The number of nitrogens with zero attached hydrogens (tertiary/aromatic N) is 2. The van der Waals surface area contributed by atoms with Crippen LogP contribution < -0.4 is 14.4 Å². The Morgan fingerprint density at radius 3 is 2.65 bits per heavy atom. The predicted octanol–water partition coefficient (Wildman–Crippen LogP) is 2.86. The predicted molar refractivity (Wildman–Crippen MR) is 83.5 cm³/mol. The van der Waals surface area contributed by atoms with E-state index in [0.717, 1.165) is 5.56 Å². The first-order valence-electron chi connectivity index (χ1n) is 6.90. The highest BCUT2D eigenvalue weighted by atomic mass is 16.5. The van der Waals surface area contributed by atoms with Crippen molar-refractivity contribution in [2.75, 3.05) is 19.1 Å². The van der Waals surface area contributed by atoms with Crippen molar-refractivity contribution < 1.29 is 18.7 Å². The third-order valence-corrected chi connectivity index (χ3v) is 3.61. The van der Waals surface area contributed by atoms with Crippen LogP contribution >= 0.6 is 0 Å². The number of hydrogen-bond donors (Lipinski definition) is 0. The second-order valence-electron chi connectivity index (χ2n) is 4.85. The van der Waals surface area contributed by atoms with Gasteiger partial charge in [0.15, 0.2) is 17.3 Å². The zero-order chi connectivity index (χ0) is 16.4. The Morgan fingerprint density at radius 2 is 2.04 bits per heavy atom. The summed E-state index contributed by atoms with van der Waals surface area (Å²) >= 11 is 0. The highest BCUT2D eigenvalue weighted by molar-refractivity contribution is 6.07. The lowest BCUT2D eigenvalue weighted by atomic mass is 10.0. The van der Waals surface area contributed by atoms with Crippen LogP contribution in [0.2, 0.25) is 0 Å². The number of benzene rings is 1. The van der Waals surface area contributed by atoms with E-state index < -0.39 is 6.04 Å². The number of nitriles is 1. The van der Waals surface area contributed by atoms with Crippen LogP contribution in [-0.4, -0.2) is 26.2 Å². The fourth-order valence-corrected chi connectivity index (χ4v) is 2.51. The van der Waals surface area contributed by atoms with E-state index in [-0.39, 0.29) is 11.7 Å². The third kappa shape index (κ3) is 2.42. The normalized spacial score (nSPS) is 15.7. The van der Waals surface area contributed by atoms with Crippen molar-refractivity contribution in [1.29, 1.82) is 5.26 Å². The smallest absolute Gasteiger partial charge is 0.295 e. The highest BCUT2D eigenvalue weighted by Gasteiger charge is 2.31. The molecule has 6 nitrogen and oxygen atoms in total. The van der Waals surface area contributed by atoms with Gasteiger partial charge in [0.25, 0.3) is 5.91 Å². The van der Waals surface area contributed by atoms with Crippen LogP contribution in [-0.2, 0) is 0 Å². The number of methoxy groups -OCH3 is 2. The number of hydrogen-bond acceptors (Lipinski definition) is 5. The molecule has 0 saturated heterocycles. The minimum absolute atomic E-state index is 0.168. The van der Waals surface area contributed by atoms with Gasteiger partial charge in [-0.25, -0.2) is 0 Å². The SMILES string of the molecule is COc1cc2c(cc1OC)N(C(=O)c1ccco1)C(C#N)C=C2. The molecular weight excluding hydrogens is 296 g/mol. The third-order valence-electron chi connectivity index (χ3n) is 3.61. The molecule has 0 saturated carbocycles. The molecule has 0 N–H and O–H groups in total. The van der Waals surface area contributed by atoms with E-state index in [1.54, 1.807) is 43.5 Å². The molecule has 1 unspecified atom stereocenters. The van der Waals surface area contributed by atoms with Gasteiger partial charge in [-0.15, -0.1) is 0 Å². The van der Waals surface area contributed by atoms with Crippen molar-refractivity contribution >= 4 is 17.7 Å². The van der Waals surface area contributed by atoms with Gasteiger partial charge in [0, 0.05) is 11.6 Å². The molecule has 0 spiro atoms. The number of anilines is 1. The number of furan rings is 1. The quantitative estimate of drug-likeness (QED) is 0.871. The first-order valence-corrected chi connectivity index (χ1v) is 6.90. The molecule has 1 atom stereocenters. The molecule has 0 radical (unpaired) electrons. The molecule has 1 amide bonds. The molecule has 1 aromatic heterocycles. The van der Waals surface area contributed by atoms with E-state index in [1.807, 2.05) is 0 Å². The van der Waals surface area contributed by atoms with E-state index in [9.17, 15) is 10.1 Å². The van der Waals surface area contributed by atoms with Gasteiger partial charge >= 0.3 is 0 Å². The Bertz CT molecular complexity index is 803. The fourth-order valence-electron chi connectivity index (χ4n) is 2.51. The molecule has 1 aliphatic heterocycles. The Labute approximate surface area is 133 Å². The van der Waals surface area contributed by atoms with Gasteiger partial charge in [0.2, 0.25) is 0 Å². The summed E-state index contributed by atoms with van der Waals surface area (Å²) in [4.78, 5) is 14.1. The lowest BCUT2D eigenvalue weighted by Crippen LogP contribution is -2.40. The molecule has 1 aromatic carbocycles. The summed E-state index contributed by atoms with van der Waals surface area (Å²) in [5, 5.41) is 9.38. The number of carbonyl (C=O) groups is 1. The molecule has 2 aromatic rings. The summed E-state index contributed by atoms with van der Waals surface area (Å²) in [7, 11) is 3.06. The fraction of sp³-hybridized carbons (Fsp3) is 0.176. The van der Waals surface area contributed by atoms with Crippen LogP contribution in [0.15, 0.2) is 41.0 Å². The Hall–Kier alpha value is -3.20. The number of rotatable bonds is 3. The monoisotopic (exact) mass is 310 g/mol. The summed E-state index contributed by atoms with van der Waals surface area (Å²) in [6, 6.07) is 8.03. The van der Waals surface area contributed by atoms with E-state index in [2.05, 4.69) is 6.07 Å². The minimum Gasteiger partial charge on any atom is -0.493 e. The molecule has 2 heterocycles. The summed E-state index contributed by atoms with van der Waals surface area (Å²) in [6.07, 6.45) is 4.87. The van der Waals surface area contributed by atoms with Crippen LogP contribution in [0.1, 0.15) is 16.1 Å². The van der Waals surface area contributed by atoms with Crippen molar-refractivity contribution in [2.24, 2.45) is 0 Å². The maximum absolute atomic E-state index is 12.7. The van der Waals surface area contributed by atoms with Crippen molar-refractivity contribution in [3.05, 3.63) is 47.9 Å². The topological polar surface area (TPSA) is 75.7 Å². The average Bonchev–Trinajstić information content (AvgIpc) is 3.13. The summed E-state index contributed by atoms with van der Waals surface area (Å²) in [5.41, 5.74) is 1.33. The number of fused-ring (bicyclic) bond motifs is 1. The second-order valence-corrected chi connectivity index (χ2v) is 4.85. The largest absolute Gasteiger partial charge is 0.493 e. The standard InChI is InChI=1S/C17H14N2O4/c1-21-15-8-11-5-6-12(10-18)19(13(11)9-16(15)22-2)17(20)14-4-3-7-23-14/h3-9,12H,1-2H3. The van der Waals surface area contributed by atoms with E-state index in [1.165, 1.54) is 18.3 Å². The van der Waals surface area contributed by atoms with Crippen LogP contribution in [0.5, 0.6) is 11.5 Å². The summed E-state index contributed by atoms with van der Waals surface area (Å²) in [6.45, 7) is 0. The molecule has 0 fully saturated rings. The van der Waals surface area contributed by atoms with Crippen molar-refractivity contribution in [3.8, 4) is 17.6 Å². The molecule has 3 rings (SSSR count). The number of amides is 1. The minimum atomic E-state index is -0.724. The van der Waals surface area contributed by atoms with E-state index in [0.29, 0.717) is 17.2 Å². The van der Waals surface area contributed by atoms with E-state index in [4.69, 9.17) is 13.9 Å². The van der Waals surface area contributed by atoms with Gasteiger partial charge in [0.05, 0.1) is 32.2 Å². The highest BCUT2D eigenvalue weighted by Crippen LogP contribution is 2.39. The van der Waals surface area contributed by atoms with Gasteiger partial charge in [-0.05, 0) is 24.3 Å². The zero-order valence-electron chi connectivity index (χ0n) is 12.6. The lowest BCUT2D eigenvalue weighted by Gasteiger charge is -2.30. The molecule has 116 valence electrons. The first kappa shape index (κ1) is 14.7. The van der Waals surface area contributed by atoms with Crippen molar-refractivity contribution in [3.63, 3.8) is 0 Å². The maximum atomic E-state index is 12.7. The second kappa shape index (κ2) is 5.89.